The molecule has 3 rings (SSSR count). The molecular weight excluding hydrogens is 447 g/mol. The van der Waals surface area contributed by atoms with Crippen molar-refractivity contribution in [2.75, 3.05) is 0 Å². The zero-order valence-electron chi connectivity index (χ0n) is 19.4. The number of aryl methyl sites for hydroxylation is 4. The Morgan fingerprint density at radius 2 is 1.39 bits per heavy atom. The van der Waals surface area contributed by atoms with Crippen LogP contribution in [0.3, 0.4) is 0 Å². The molecule has 1 fully saturated rings. The standard InChI is InChI=1S/C25H27FO6S/c1-12-7-13(2)10-18(9-12)22(28)31-21-20(26)24(30-17(6)27)33-25(21)32-23(29)19-11-14(3)8-15(4)16(19)5/h7-11,20-21,24-25H,1-6H3/t20-,21-,24?,25+/m0/s1. The number of carbonyl (C=O) groups is 3. The number of thioether (sulfide) groups is 1. The molecule has 0 radical (unpaired) electrons. The minimum absolute atomic E-state index is 0.260. The lowest BCUT2D eigenvalue weighted by atomic mass is 10.0. The Hall–Kier alpha value is -2.87. The first kappa shape index (κ1) is 24.8. The Bertz CT molecular complexity index is 1080. The third kappa shape index (κ3) is 5.74. The van der Waals surface area contributed by atoms with Gasteiger partial charge in [-0.3, -0.25) is 4.79 Å². The summed E-state index contributed by atoms with van der Waals surface area (Å²) in [4.78, 5) is 37.1. The highest BCUT2D eigenvalue weighted by Crippen LogP contribution is 2.40. The van der Waals surface area contributed by atoms with E-state index in [0.717, 1.165) is 46.5 Å². The van der Waals surface area contributed by atoms with Gasteiger partial charge in [0.1, 0.15) is 0 Å². The van der Waals surface area contributed by atoms with Gasteiger partial charge in [0.2, 0.25) is 0 Å². The third-order valence-electron chi connectivity index (χ3n) is 5.35. The van der Waals surface area contributed by atoms with E-state index in [2.05, 4.69) is 0 Å². The quantitative estimate of drug-likeness (QED) is 0.450. The average molecular weight is 475 g/mol. The molecule has 2 aromatic rings. The van der Waals surface area contributed by atoms with Crippen molar-refractivity contribution in [1.82, 2.24) is 0 Å². The Kier molecular flexibility index (Phi) is 7.47. The summed E-state index contributed by atoms with van der Waals surface area (Å²) in [5.41, 5.74) is 2.39. The smallest absolute Gasteiger partial charge is 0.339 e. The van der Waals surface area contributed by atoms with Crippen LogP contribution in [0.2, 0.25) is 0 Å². The fraction of sp³-hybridized carbons (Fsp3) is 0.400. The second-order valence-corrected chi connectivity index (χ2v) is 9.53. The Balaban J connectivity index is 1.86. The summed E-state index contributed by atoms with van der Waals surface area (Å²) in [5.74, 6) is -2.10. The van der Waals surface area contributed by atoms with Crippen LogP contribution in [0.15, 0.2) is 30.3 Å². The number of carbonyl (C=O) groups excluding carboxylic acids is 3. The second-order valence-electron chi connectivity index (χ2n) is 8.33. The molecule has 2 aromatic carbocycles. The van der Waals surface area contributed by atoms with Crippen molar-refractivity contribution < 1.29 is 33.0 Å². The summed E-state index contributed by atoms with van der Waals surface area (Å²) in [6, 6.07) is 8.80. The van der Waals surface area contributed by atoms with Crippen molar-refractivity contribution in [3.63, 3.8) is 0 Å². The number of benzene rings is 2. The lowest BCUT2D eigenvalue weighted by Gasteiger charge is -2.21. The van der Waals surface area contributed by atoms with Crippen molar-refractivity contribution in [1.29, 1.82) is 0 Å². The van der Waals surface area contributed by atoms with E-state index < -0.39 is 41.1 Å². The predicted molar refractivity (Wildman–Crippen MR) is 123 cm³/mol. The molecule has 0 spiro atoms. The molecule has 4 atom stereocenters. The topological polar surface area (TPSA) is 78.9 Å². The lowest BCUT2D eigenvalue weighted by Crippen LogP contribution is -2.37. The first-order chi connectivity index (χ1) is 15.5. The molecule has 6 nitrogen and oxygen atoms in total. The van der Waals surface area contributed by atoms with Gasteiger partial charge in [0.05, 0.1) is 11.1 Å². The normalized spacial score (nSPS) is 22.0. The zero-order valence-corrected chi connectivity index (χ0v) is 20.2. The van der Waals surface area contributed by atoms with Crippen molar-refractivity contribution in [3.05, 3.63) is 69.3 Å². The summed E-state index contributed by atoms with van der Waals surface area (Å²) in [5, 5.41) is 0. The molecule has 0 aromatic heterocycles. The molecule has 0 amide bonds. The van der Waals surface area contributed by atoms with Gasteiger partial charge in [-0.25, -0.2) is 14.0 Å². The molecule has 0 aliphatic carbocycles. The number of halogens is 1. The molecule has 33 heavy (non-hydrogen) atoms. The first-order valence-corrected chi connectivity index (χ1v) is 11.5. The van der Waals surface area contributed by atoms with Gasteiger partial charge in [0.15, 0.2) is 23.1 Å². The van der Waals surface area contributed by atoms with Gasteiger partial charge in [0, 0.05) is 6.92 Å². The van der Waals surface area contributed by atoms with Gasteiger partial charge in [-0.1, -0.05) is 35.0 Å². The summed E-state index contributed by atoms with van der Waals surface area (Å²) >= 11 is 0.798. The van der Waals surface area contributed by atoms with E-state index in [4.69, 9.17) is 14.2 Å². The maximum atomic E-state index is 15.2. The van der Waals surface area contributed by atoms with E-state index in [0.29, 0.717) is 5.56 Å². The molecule has 0 N–H and O–H groups in total. The van der Waals surface area contributed by atoms with Crippen molar-refractivity contribution >= 4 is 29.7 Å². The first-order valence-electron chi connectivity index (χ1n) is 10.5. The average Bonchev–Trinajstić information content (AvgIpc) is 2.98. The molecule has 1 aliphatic heterocycles. The highest BCUT2D eigenvalue weighted by atomic mass is 32.2. The second kappa shape index (κ2) is 9.95. The van der Waals surface area contributed by atoms with Crippen molar-refractivity contribution in [2.45, 2.75) is 64.7 Å². The molecule has 0 bridgehead atoms. The van der Waals surface area contributed by atoms with Gasteiger partial charge in [-0.15, -0.1) is 0 Å². The van der Waals surface area contributed by atoms with Crippen LogP contribution in [0, 0.1) is 34.6 Å². The fourth-order valence-corrected chi connectivity index (χ4v) is 5.03. The van der Waals surface area contributed by atoms with Crippen LogP contribution in [0.1, 0.15) is 55.5 Å². The minimum atomic E-state index is -1.87. The number of hydrogen-bond donors (Lipinski definition) is 0. The number of alkyl halides is 1. The van der Waals surface area contributed by atoms with Gasteiger partial charge >= 0.3 is 17.9 Å². The molecule has 8 heteroatoms. The van der Waals surface area contributed by atoms with E-state index in [9.17, 15) is 14.4 Å². The molecule has 176 valence electrons. The van der Waals surface area contributed by atoms with E-state index in [1.165, 1.54) is 0 Å². The molecule has 0 saturated carbocycles. The van der Waals surface area contributed by atoms with Crippen molar-refractivity contribution in [3.8, 4) is 0 Å². The van der Waals surface area contributed by atoms with Gasteiger partial charge in [-0.05, 0) is 69.5 Å². The van der Waals surface area contributed by atoms with Gasteiger partial charge < -0.3 is 14.2 Å². The van der Waals surface area contributed by atoms with Crippen molar-refractivity contribution in [2.24, 2.45) is 0 Å². The zero-order chi connectivity index (χ0) is 24.4. The van der Waals surface area contributed by atoms with Crippen LogP contribution >= 0.6 is 11.8 Å². The molecular formula is C25H27FO6S. The molecule has 1 unspecified atom stereocenters. The summed E-state index contributed by atoms with van der Waals surface area (Å²) < 4.78 is 31.3. The lowest BCUT2D eigenvalue weighted by molar-refractivity contribution is -0.145. The Morgan fingerprint density at radius 1 is 0.788 bits per heavy atom. The summed E-state index contributed by atoms with van der Waals surface area (Å²) in [6.07, 6.45) is -3.31. The van der Waals surface area contributed by atoms with Crippen LogP contribution in [0.25, 0.3) is 0 Å². The maximum absolute atomic E-state index is 15.2. The van der Waals surface area contributed by atoms with Crippen LogP contribution in [-0.2, 0) is 19.0 Å². The van der Waals surface area contributed by atoms with E-state index in [-0.39, 0.29) is 5.56 Å². The van der Waals surface area contributed by atoms with Gasteiger partial charge in [-0.2, -0.15) is 0 Å². The van der Waals surface area contributed by atoms with Crippen LogP contribution < -0.4 is 0 Å². The van der Waals surface area contributed by atoms with Gasteiger partial charge in [0.25, 0.3) is 0 Å². The predicted octanol–water partition coefficient (Wildman–Crippen LogP) is 4.91. The number of esters is 3. The Labute approximate surface area is 196 Å². The number of hydrogen-bond acceptors (Lipinski definition) is 7. The van der Waals surface area contributed by atoms with Crippen LogP contribution in [-0.4, -0.2) is 41.1 Å². The van der Waals surface area contributed by atoms with Crippen LogP contribution in [0.4, 0.5) is 4.39 Å². The monoisotopic (exact) mass is 474 g/mol. The Morgan fingerprint density at radius 3 is 2.00 bits per heavy atom. The molecule has 1 heterocycles. The van der Waals surface area contributed by atoms with E-state index >= 15 is 4.39 Å². The SMILES string of the molecule is CC(=O)OC1S[C@@H](OC(=O)c2cc(C)cc(C)c2C)[C@@H](OC(=O)c2cc(C)cc(C)c2)[C@@H]1F. The van der Waals surface area contributed by atoms with E-state index in [1.54, 1.807) is 25.1 Å². The number of ether oxygens (including phenoxy) is 3. The molecule has 1 aliphatic rings. The minimum Gasteiger partial charge on any atom is -0.451 e. The van der Waals surface area contributed by atoms with Crippen LogP contribution in [0.5, 0.6) is 0 Å². The van der Waals surface area contributed by atoms with E-state index in [1.807, 2.05) is 39.8 Å². The third-order valence-corrected chi connectivity index (χ3v) is 6.60. The highest BCUT2D eigenvalue weighted by Gasteiger charge is 2.51. The molecule has 1 saturated heterocycles. The summed E-state index contributed by atoms with van der Waals surface area (Å²) in [7, 11) is 0. The summed E-state index contributed by atoms with van der Waals surface area (Å²) in [6.45, 7) is 10.4. The highest BCUT2D eigenvalue weighted by molar-refractivity contribution is 8.00. The largest absolute Gasteiger partial charge is 0.451 e. The number of rotatable bonds is 5. The maximum Gasteiger partial charge on any atom is 0.339 e. The fourth-order valence-electron chi connectivity index (χ4n) is 3.77.